The molecule has 110 valence electrons. The molecule has 7 nitrogen and oxygen atoms in total. The highest BCUT2D eigenvalue weighted by atomic mass is 32.1. The molecule has 0 saturated carbocycles. The SMILES string of the molecule is Cc1c(NC(C)c2nccs2)cc(C(=O)O)cc1[N+](=O)[O-]. The summed E-state index contributed by atoms with van der Waals surface area (Å²) < 4.78 is 0. The molecule has 1 atom stereocenters. The lowest BCUT2D eigenvalue weighted by atomic mass is 10.1. The number of hydrogen-bond donors (Lipinski definition) is 2. The first kappa shape index (κ1) is 14.9. The van der Waals surface area contributed by atoms with E-state index in [1.807, 2.05) is 12.3 Å². The number of anilines is 1. The van der Waals surface area contributed by atoms with Gasteiger partial charge in [0.25, 0.3) is 5.69 Å². The van der Waals surface area contributed by atoms with E-state index < -0.39 is 10.9 Å². The van der Waals surface area contributed by atoms with Crippen LogP contribution in [0, 0.1) is 17.0 Å². The highest BCUT2D eigenvalue weighted by Crippen LogP contribution is 2.30. The van der Waals surface area contributed by atoms with Crippen LogP contribution in [0.2, 0.25) is 0 Å². The molecule has 0 saturated heterocycles. The van der Waals surface area contributed by atoms with Gasteiger partial charge in [-0.15, -0.1) is 11.3 Å². The molecular weight excluding hydrogens is 294 g/mol. The van der Waals surface area contributed by atoms with Crippen LogP contribution in [-0.2, 0) is 0 Å². The number of nitrogens with zero attached hydrogens (tertiary/aromatic N) is 2. The third-order valence-corrected chi connectivity index (χ3v) is 3.98. The average molecular weight is 307 g/mol. The third-order valence-electron chi connectivity index (χ3n) is 3.02. The van der Waals surface area contributed by atoms with E-state index >= 15 is 0 Å². The van der Waals surface area contributed by atoms with Crippen LogP contribution in [0.15, 0.2) is 23.7 Å². The van der Waals surface area contributed by atoms with Crippen molar-refractivity contribution in [2.45, 2.75) is 19.9 Å². The molecular formula is C13H13N3O4S. The van der Waals surface area contributed by atoms with E-state index in [2.05, 4.69) is 10.3 Å². The van der Waals surface area contributed by atoms with Crippen LogP contribution in [-0.4, -0.2) is 21.0 Å². The molecule has 0 aliphatic heterocycles. The Bertz CT molecular complexity index is 685. The molecule has 0 amide bonds. The Morgan fingerprint density at radius 2 is 2.24 bits per heavy atom. The van der Waals surface area contributed by atoms with Gasteiger partial charge in [0.1, 0.15) is 5.01 Å². The van der Waals surface area contributed by atoms with Crippen LogP contribution < -0.4 is 5.32 Å². The van der Waals surface area contributed by atoms with E-state index in [9.17, 15) is 14.9 Å². The van der Waals surface area contributed by atoms with Gasteiger partial charge in [0.15, 0.2) is 0 Å². The molecule has 0 radical (unpaired) electrons. The Morgan fingerprint density at radius 3 is 2.76 bits per heavy atom. The number of carbonyl (C=O) groups is 1. The van der Waals surface area contributed by atoms with Crippen LogP contribution in [0.4, 0.5) is 11.4 Å². The second-order valence-electron chi connectivity index (χ2n) is 4.47. The van der Waals surface area contributed by atoms with E-state index in [1.54, 1.807) is 13.1 Å². The second kappa shape index (κ2) is 5.88. The summed E-state index contributed by atoms with van der Waals surface area (Å²) in [6.45, 7) is 3.44. The fourth-order valence-corrected chi connectivity index (χ4v) is 2.55. The molecule has 0 fully saturated rings. The fraction of sp³-hybridized carbons (Fsp3) is 0.231. The monoisotopic (exact) mass is 307 g/mol. The minimum absolute atomic E-state index is 0.124. The summed E-state index contributed by atoms with van der Waals surface area (Å²) >= 11 is 1.45. The fourth-order valence-electron chi connectivity index (χ4n) is 1.91. The zero-order valence-electron chi connectivity index (χ0n) is 11.4. The molecule has 1 unspecified atom stereocenters. The third kappa shape index (κ3) is 3.16. The van der Waals surface area contributed by atoms with Gasteiger partial charge in [-0.25, -0.2) is 9.78 Å². The largest absolute Gasteiger partial charge is 0.478 e. The number of rotatable bonds is 5. The van der Waals surface area contributed by atoms with E-state index in [1.165, 1.54) is 17.4 Å². The number of benzene rings is 1. The Kier molecular flexibility index (Phi) is 4.18. The van der Waals surface area contributed by atoms with Crippen molar-refractivity contribution in [1.82, 2.24) is 4.98 Å². The topological polar surface area (TPSA) is 105 Å². The molecule has 0 spiro atoms. The van der Waals surface area contributed by atoms with Gasteiger partial charge in [0.2, 0.25) is 0 Å². The highest BCUT2D eigenvalue weighted by molar-refractivity contribution is 7.09. The Balaban J connectivity index is 2.42. The summed E-state index contributed by atoms with van der Waals surface area (Å²) in [5, 5.41) is 25.8. The van der Waals surface area contributed by atoms with Crippen molar-refractivity contribution in [3.63, 3.8) is 0 Å². The van der Waals surface area contributed by atoms with Crippen molar-refractivity contribution in [3.05, 3.63) is 50.0 Å². The van der Waals surface area contributed by atoms with Crippen molar-refractivity contribution in [3.8, 4) is 0 Å². The van der Waals surface area contributed by atoms with Crippen molar-refractivity contribution < 1.29 is 14.8 Å². The zero-order valence-corrected chi connectivity index (χ0v) is 12.2. The molecule has 8 heteroatoms. The molecule has 21 heavy (non-hydrogen) atoms. The lowest BCUT2D eigenvalue weighted by molar-refractivity contribution is -0.385. The van der Waals surface area contributed by atoms with Crippen molar-refractivity contribution in [2.24, 2.45) is 0 Å². The lowest BCUT2D eigenvalue weighted by Gasteiger charge is -2.15. The maximum absolute atomic E-state index is 11.1. The molecule has 2 aromatic rings. The summed E-state index contributed by atoms with van der Waals surface area (Å²) in [5.74, 6) is -1.21. The molecule has 2 rings (SSSR count). The number of nitrogens with one attached hydrogen (secondary N) is 1. The second-order valence-corrected chi connectivity index (χ2v) is 5.39. The number of carboxylic acid groups (broad SMARTS) is 1. The van der Waals surface area contributed by atoms with Gasteiger partial charge < -0.3 is 10.4 Å². The number of nitro groups is 1. The summed E-state index contributed by atoms with van der Waals surface area (Å²) in [5.41, 5.74) is 0.475. The number of thiazole rings is 1. The van der Waals surface area contributed by atoms with E-state index in [0.29, 0.717) is 11.3 Å². The number of aromatic nitrogens is 1. The summed E-state index contributed by atoms with van der Waals surface area (Å²) in [6, 6.07) is 2.29. The summed E-state index contributed by atoms with van der Waals surface area (Å²) in [4.78, 5) is 25.7. The minimum atomic E-state index is -1.21. The predicted octanol–water partition coefficient (Wildman–Crippen LogP) is 3.23. The van der Waals surface area contributed by atoms with Gasteiger partial charge in [0.05, 0.1) is 16.5 Å². The number of nitro benzene ring substituents is 1. The quantitative estimate of drug-likeness (QED) is 0.649. The number of aromatic carboxylic acids is 1. The molecule has 1 aromatic heterocycles. The minimum Gasteiger partial charge on any atom is -0.478 e. The Labute approximate surface area is 124 Å². The van der Waals surface area contributed by atoms with Crippen LogP contribution in [0.3, 0.4) is 0 Å². The normalized spacial score (nSPS) is 11.9. The van der Waals surface area contributed by atoms with E-state index in [0.717, 1.165) is 11.1 Å². The van der Waals surface area contributed by atoms with Crippen LogP contribution in [0.25, 0.3) is 0 Å². The van der Waals surface area contributed by atoms with Gasteiger partial charge in [-0.3, -0.25) is 10.1 Å². The summed E-state index contributed by atoms with van der Waals surface area (Å²) in [6.07, 6.45) is 1.67. The molecule has 0 aliphatic carbocycles. The van der Waals surface area contributed by atoms with Gasteiger partial charge in [0, 0.05) is 28.9 Å². The van der Waals surface area contributed by atoms with Crippen LogP contribution >= 0.6 is 11.3 Å². The number of carboxylic acids is 1. The maximum Gasteiger partial charge on any atom is 0.336 e. The van der Waals surface area contributed by atoms with Crippen molar-refractivity contribution in [1.29, 1.82) is 0 Å². The van der Waals surface area contributed by atoms with Crippen LogP contribution in [0.5, 0.6) is 0 Å². The van der Waals surface area contributed by atoms with Crippen LogP contribution in [0.1, 0.15) is 33.9 Å². The van der Waals surface area contributed by atoms with Gasteiger partial charge in [-0.05, 0) is 19.9 Å². The van der Waals surface area contributed by atoms with Crippen molar-refractivity contribution >= 4 is 28.7 Å². The Morgan fingerprint density at radius 1 is 1.52 bits per heavy atom. The zero-order chi connectivity index (χ0) is 15.6. The molecule has 0 bridgehead atoms. The Hall–Kier alpha value is -2.48. The molecule has 2 N–H and O–H groups in total. The van der Waals surface area contributed by atoms with Gasteiger partial charge >= 0.3 is 5.97 Å². The first-order valence-corrected chi connectivity index (χ1v) is 6.96. The lowest BCUT2D eigenvalue weighted by Crippen LogP contribution is -2.10. The average Bonchev–Trinajstić information content (AvgIpc) is 2.94. The first-order chi connectivity index (χ1) is 9.90. The molecule has 1 heterocycles. The maximum atomic E-state index is 11.1. The molecule has 0 aliphatic rings. The van der Waals surface area contributed by atoms with E-state index in [-0.39, 0.29) is 17.3 Å². The standard InChI is InChI=1S/C13H13N3O4S/c1-7-10(15-8(2)12-14-3-4-21-12)5-9(13(17)18)6-11(7)16(19)20/h3-6,8,15H,1-2H3,(H,17,18). The summed E-state index contributed by atoms with van der Waals surface area (Å²) in [7, 11) is 0. The molecule has 1 aromatic carbocycles. The van der Waals surface area contributed by atoms with E-state index in [4.69, 9.17) is 5.11 Å². The van der Waals surface area contributed by atoms with Gasteiger partial charge in [-0.1, -0.05) is 0 Å². The first-order valence-electron chi connectivity index (χ1n) is 6.08. The number of hydrogen-bond acceptors (Lipinski definition) is 6. The van der Waals surface area contributed by atoms with Crippen molar-refractivity contribution in [2.75, 3.05) is 5.32 Å². The predicted molar refractivity (Wildman–Crippen MR) is 78.9 cm³/mol. The smallest absolute Gasteiger partial charge is 0.336 e. The van der Waals surface area contributed by atoms with Gasteiger partial charge in [-0.2, -0.15) is 0 Å². The highest BCUT2D eigenvalue weighted by Gasteiger charge is 2.20.